The van der Waals surface area contributed by atoms with Crippen LogP contribution in [0.2, 0.25) is 0 Å². The third kappa shape index (κ3) is 2.89. The van der Waals surface area contributed by atoms with E-state index in [-0.39, 0.29) is 17.6 Å². The van der Waals surface area contributed by atoms with Gasteiger partial charge in [0.25, 0.3) is 5.91 Å². The lowest BCUT2D eigenvalue weighted by Crippen LogP contribution is -2.49. The normalized spacial score (nSPS) is 20.3. The number of fused-ring (bicyclic) bond motifs is 2. The predicted octanol–water partition coefficient (Wildman–Crippen LogP) is 5.24. The summed E-state index contributed by atoms with van der Waals surface area (Å²) < 4.78 is 0.929. The second-order valence-corrected chi connectivity index (χ2v) is 9.62. The molecule has 4 nitrogen and oxygen atoms in total. The van der Waals surface area contributed by atoms with Crippen LogP contribution in [-0.4, -0.2) is 17.6 Å². The fraction of sp³-hybridized carbons (Fsp3) is 0.167. The molecule has 0 radical (unpaired) electrons. The van der Waals surface area contributed by atoms with Crippen molar-refractivity contribution in [2.75, 3.05) is 15.6 Å². The first-order valence-corrected chi connectivity index (χ1v) is 11.5. The van der Waals surface area contributed by atoms with Gasteiger partial charge in [-0.15, -0.1) is 11.8 Å². The molecular formula is C24H19BrN2O2S. The van der Waals surface area contributed by atoms with Gasteiger partial charge in [0, 0.05) is 15.7 Å². The molecule has 2 aliphatic rings. The number of carbonyl (C=O) groups excluding carboxylic acids is 2. The third-order valence-electron chi connectivity index (χ3n) is 5.61. The molecule has 1 atom stereocenters. The summed E-state index contributed by atoms with van der Waals surface area (Å²) in [4.78, 5) is 29.4. The minimum absolute atomic E-state index is 0.0531. The number of halogens is 1. The van der Waals surface area contributed by atoms with E-state index in [2.05, 4.69) is 40.2 Å². The average Bonchev–Trinajstić information content (AvgIpc) is 3.22. The second-order valence-electron chi connectivity index (χ2n) is 7.53. The van der Waals surface area contributed by atoms with Crippen molar-refractivity contribution >= 4 is 50.9 Å². The van der Waals surface area contributed by atoms with Crippen LogP contribution in [0.15, 0.2) is 77.3 Å². The molecule has 5 rings (SSSR count). The number of hydrogen-bond donors (Lipinski definition) is 0. The van der Waals surface area contributed by atoms with Crippen molar-refractivity contribution in [2.24, 2.45) is 0 Å². The zero-order chi connectivity index (χ0) is 20.9. The summed E-state index contributed by atoms with van der Waals surface area (Å²) in [5, 5.41) is 0. The molecule has 1 unspecified atom stereocenters. The molecular weight excluding hydrogens is 460 g/mol. The molecule has 1 spiro atoms. The number of aryl methyl sites for hydroxylation is 1. The van der Waals surface area contributed by atoms with Crippen molar-refractivity contribution in [3.8, 4) is 0 Å². The van der Waals surface area contributed by atoms with Crippen LogP contribution in [0.25, 0.3) is 0 Å². The summed E-state index contributed by atoms with van der Waals surface area (Å²) in [7, 11) is 0. The first-order chi connectivity index (χ1) is 14.5. The Morgan fingerprint density at radius 2 is 1.67 bits per heavy atom. The molecule has 1 saturated heterocycles. The SMILES string of the molecule is Cc1ccc(CN2C(=O)C3(SCC(=O)N3c3ccc(Br)cc3)c3ccccc32)cc1. The van der Waals surface area contributed by atoms with Crippen LogP contribution in [0, 0.1) is 6.92 Å². The van der Waals surface area contributed by atoms with E-state index in [0.29, 0.717) is 6.54 Å². The molecule has 2 heterocycles. The molecule has 0 bridgehead atoms. The minimum atomic E-state index is -1.06. The number of para-hydroxylation sites is 1. The van der Waals surface area contributed by atoms with Crippen LogP contribution < -0.4 is 9.80 Å². The molecule has 0 aliphatic carbocycles. The van der Waals surface area contributed by atoms with E-state index in [9.17, 15) is 9.59 Å². The number of benzene rings is 3. The molecule has 6 heteroatoms. The lowest BCUT2D eigenvalue weighted by molar-refractivity contribution is -0.123. The van der Waals surface area contributed by atoms with Crippen LogP contribution >= 0.6 is 27.7 Å². The van der Waals surface area contributed by atoms with E-state index in [0.717, 1.165) is 27.0 Å². The van der Waals surface area contributed by atoms with Crippen LogP contribution in [0.4, 0.5) is 11.4 Å². The molecule has 1 fully saturated rings. The van der Waals surface area contributed by atoms with E-state index in [4.69, 9.17) is 0 Å². The maximum Gasteiger partial charge on any atom is 0.269 e. The number of hydrogen-bond acceptors (Lipinski definition) is 3. The Morgan fingerprint density at radius 1 is 0.967 bits per heavy atom. The molecule has 3 aromatic carbocycles. The lowest BCUT2D eigenvalue weighted by Gasteiger charge is -2.33. The Labute approximate surface area is 188 Å². The average molecular weight is 479 g/mol. The van der Waals surface area contributed by atoms with Crippen LogP contribution in [0.5, 0.6) is 0 Å². The van der Waals surface area contributed by atoms with Crippen LogP contribution in [-0.2, 0) is 21.0 Å². The van der Waals surface area contributed by atoms with Crippen molar-refractivity contribution in [3.63, 3.8) is 0 Å². The number of amides is 2. The maximum absolute atomic E-state index is 14.0. The van der Waals surface area contributed by atoms with E-state index in [1.807, 2.05) is 60.4 Å². The Morgan fingerprint density at radius 3 is 2.40 bits per heavy atom. The standard InChI is InChI=1S/C24H19BrN2O2S/c1-16-6-8-17(9-7-16)14-26-21-5-3-2-4-20(21)24(23(26)29)27(22(28)15-30-24)19-12-10-18(25)11-13-19/h2-13H,14-15H2,1H3. The van der Waals surface area contributed by atoms with Gasteiger partial charge in [0.2, 0.25) is 10.8 Å². The lowest BCUT2D eigenvalue weighted by atomic mass is 10.0. The minimum Gasteiger partial charge on any atom is -0.304 e. The fourth-order valence-electron chi connectivity index (χ4n) is 4.18. The van der Waals surface area contributed by atoms with Gasteiger partial charge in [-0.2, -0.15) is 0 Å². The highest BCUT2D eigenvalue weighted by atomic mass is 79.9. The smallest absolute Gasteiger partial charge is 0.269 e. The van der Waals surface area contributed by atoms with Crippen molar-refractivity contribution < 1.29 is 9.59 Å². The number of rotatable bonds is 3. The highest BCUT2D eigenvalue weighted by Gasteiger charge is 2.60. The summed E-state index contributed by atoms with van der Waals surface area (Å²) in [5.41, 5.74) is 4.72. The summed E-state index contributed by atoms with van der Waals surface area (Å²) >= 11 is 4.86. The summed E-state index contributed by atoms with van der Waals surface area (Å²) in [6.45, 7) is 2.52. The second kappa shape index (κ2) is 7.29. The molecule has 30 heavy (non-hydrogen) atoms. The van der Waals surface area contributed by atoms with E-state index in [1.165, 1.54) is 17.3 Å². The van der Waals surface area contributed by atoms with Gasteiger partial charge in [0.15, 0.2) is 0 Å². The number of carbonyl (C=O) groups is 2. The van der Waals surface area contributed by atoms with Crippen molar-refractivity contribution in [2.45, 2.75) is 18.3 Å². The van der Waals surface area contributed by atoms with E-state index < -0.39 is 4.87 Å². The van der Waals surface area contributed by atoms with E-state index >= 15 is 0 Å². The fourth-order valence-corrected chi connectivity index (χ4v) is 5.80. The van der Waals surface area contributed by atoms with Gasteiger partial charge in [-0.25, -0.2) is 0 Å². The summed E-state index contributed by atoms with van der Waals surface area (Å²) in [5.74, 6) is 0.153. The highest BCUT2D eigenvalue weighted by Crippen LogP contribution is 2.55. The number of anilines is 2. The molecule has 0 aromatic heterocycles. The van der Waals surface area contributed by atoms with Gasteiger partial charge < -0.3 is 4.90 Å². The van der Waals surface area contributed by atoms with Crippen LogP contribution in [0.1, 0.15) is 16.7 Å². The molecule has 0 saturated carbocycles. The molecule has 2 aliphatic heterocycles. The zero-order valence-electron chi connectivity index (χ0n) is 16.3. The largest absolute Gasteiger partial charge is 0.304 e. The van der Waals surface area contributed by atoms with Gasteiger partial charge in [0.05, 0.1) is 18.0 Å². The van der Waals surface area contributed by atoms with E-state index in [1.54, 1.807) is 4.90 Å². The summed E-state index contributed by atoms with van der Waals surface area (Å²) in [6, 6.07) is 23.6. The van der Waals surface area contributed by atoms with Crippen molar-refractivity contribution in [1.82, 2.24) is 0 Å². The van der Waals surface area contributed by atoms with Crippen molar-refractivity contribution in [3.05, 3.63) is 94.0 Å². The van der Waals surface area contributed by atoms with Gasteiger partial charge in [-0.3, -0.25) is 14.5 Å². The first-order valence-electron chi connectivity index (χ1n) is 9.70. The Balaban J connectivity index is 1.62. The molecule has 3 aromatic rings. The Hall–Kier alpha value is -2.57. The maximum atomic E-state index is 14.0. The van der Waals surface area contributed by atoms with Gasteiger partial charge in [0.1, 0.15) is 0 Å². The van der Waals surface area contributed by atoms with Gasteiger partial charge in [-0.1, -0.05) is 64.0 Å². The van der Waals surface area contributed by atoms with Crippen molar-refractivity contribution in [1.29, 1.82) is 0 Å². The number of nitrogens with zero attached hydrogens (tertiary/aromatic N) is 2. The quantitative estimate of drug-likeness (QED) is 0.516. The predicted molar refractivity (Wildman–Crippen MR) is 125 cm³/mol. The Bertz CT molecular complexity index is 1150. The Kier molecular flexibility index (Phi) is 4.71. The first kappa shape index (κ1) is 19.4. The van der Waals surface area contributed by atoms with Gasteiger partial charge >= 0.3 is 0 Å². The van der Waals surface area contributed by atoms with Crippen LogP contribution in [0.3, 0.4) is 0 Å². The molecule has 150 valence electrons. The monoisotopic (exact) mass is 478 g/mol. The zero-order valence-corrected chi connectivity index (χ0v) is 18.7. The number of thioether (sulfide) groups is 1. The molecule has 2 amide bonds. The van der Waals surface area contributed by atoms with Gasteiger partial charge in [-0.05, 0) is 42.8 Å². The molecule has 0 N–H and O–H groups in total. The third-order valence-corrected chi connectivity index (χ3v) is 7.52. The topological polar surface area (TPSA) is 40.6 Å². The summed E-state index contributed by atoms with van der Waals surface area (Å²) in [6.07, 6.45) is 0. The highest BCUT2D eigenvalue weighted by molar-refractivity contribution is 9.10.